The van der Waals surface area contributed by atoms with Crippen LogP contribution >= 0.6 is 0 Å². The number of rotatable bonds is 1. The van der Waals surface area contributed by atoms with E-state index >= 15 is 0 Å². The Kier molecular flexibility index (Phi) is 2.89. The van der Waals surface area contributed by atoms with Crippen LogP contribution in [0.5, 0.6) is 0 Å². The molecule has 0 unspecified atom stereocenters. The van der Waals surface area contributed by atoms with E-state index < -0.39 is 0 Å². The molecule has 0 heteroatoms. The van der Waals surface area contributed by atoms with Crippen LogP contribution < -0.4 is 0 Å². The number of fused-ring (bicyclic) bond motifs is 4. The topological polar surface area (TPSA) is 0 Å². The van der Waals surface area contributed by atoms with Crippen molar-refractivity contribution in [2.45, 2.75) is 0 Å². The molecule has 0 bridgehead atoms. The maximum atomic E-state index is 2.32. The van der Waals surface area contributed by atoms with E-state index in [9.17, 15) is 0 Å². The molecule has 0 spiro atoms. The van der Waals surface area contributed by atoms with Gasteiger partial charge in [0.25, 0.3) is 0 Å². The lowest BCUT2D eigenvalue weighted by Gasteiger charge is -2.04. The van der Waals surface area contributed by atoms with Crippen LogP contribution in [0.25, 0.3) is 33.5 Å². The second-order valence-corrected chi connectivity index (χ2v) is 6.26. The predicted molar refractivity (Wildman–Crippen MR) is 103 cm³/mol. The van der Waals surface area contributed by atoms with Crippen LogP contribution in [0, 0.1) is 0 Å². The largest absolute Gasteiger partial charge is 0.0616 e. The molecule has 0 amide bonds. The van der Waals surface area contributed by atoms with E-state index in [2.05, 4.69) is 97.1 Å². The summed E-state index contributed by atoms with van der Waals surface area (Å²) in [5, 5.41) is 2.57. The minimum atomic E-state index is 1.25. The van der Waals surface area contributed by atoms with Crippen molar-refractivity contribution in [2.24, 2.45) is 0 Å². The first-order chi connectivity index (χ1) is 11.9. The Bertz CT molecular complexity index is 1050. The average Bonchev–Trinajstić information content (AvgIpc) is 2.96. The summed E-state index contributed by atoms with van der Waals surface area (Å²) in [4.78, 5) is 0. The van der Waals surface area contributed by atoms with Gasteiger partial charge in [-0.2, -0.15) is 0 Å². The molecule has 0 heterocycles. The molecule has 0 N–H and O–H groups in total. The smallest absolute Gasteiger partial charge is 0.00930 e. The van der Waals surface area contributed by atoms with E-state index in [4.69, 9.17) is 0 Å². The molecule has 0 aromatic heterocycles. The molecule has 0 atom stereocenters. The summed E-state index contributed by atoms with van der Waals surface area (Å²) in [6.45, 7) is 0. The number of hydrogen-bond donors (Lipinski definition) is 0. The van der Waals surface area contributed by atoms with Crippen molar-refractivity contribution >= 4 is 22.4 Å². The first-order valence-electron chi connectivity index (χ1n) is 8.30. The number of hydrogen-bond acceptors (Lipinski definition) is 0. The summed E-state index contributed by atoms with van der Waals surface area (Å²) in [6, 6.07) is 32.6. The third kappa shape index (κ3) is 2.00. The Morgan fingerprint density at radius 2 is 1.00 bits per heavy atom. The van der Waals surface area contributed by atoms with E-state index in [1.165, 1.54) is 44.2 Å². The summed E-state index contributed by atoms with van der Waals surface area (Å²) >= 11 is 0. The molecule has 0 aliphatic heterocycles. The maximum absolute atomic E-state index is 2.32. The molecule has 0 radical (unpaired) electrons. The fraction of sp³-hybridized carbons (Fsp3) is 0. The third-order valence-electron chi connectivity index (χ3n) is 4.81. The first kappa shape index (κ1) is 13.3. The highest BCUT2D eigenvalue weighted by Gasteiger charge is 2.22. The summed E-state index contributed by atoms with van der Waals surface area (Å²) in [5.74, 6) is 0. The van der Waals surface area contributed by atoms with E-state index in [1.54, 1.807) is 0 Å². The maximum Gasteiger partial charge on any atom is -0.00930 e. The quantitative estimate of drug-likeness (QED) is 0.336. The molecule has 0 saturated carbocycles. The van der Waals surface area contributed by atoms with Crippen LogP contribution in [0.4, 0.5) is 0 Å². The van der Waals surface area contributed by atoms with Gasteiger partial charge < -0.3 is 0 Å². The zero-order valence-electron chi connectivity index (χ0n) is 13.2. The van der Waals surface area contributed by atoms with Crippen LogP contribution in [0.2, 0.25) is 0 Å². The van der Waals surface area contributed by atoms with E-state index in [-0.39, 0.29) is 0 Å². The average molecular weight is 304 g/mol. The molecule has 0 saturated heterocycles. The van der Waals surface area contributed by atoms with Gasteiger partial charge >= 0.3 is 0 Å². The van der Waals surface area contributed by atoms with Crippen LogP contribution in [0.15, 0.2) is 91.0 Å². The highest BCUT2D eigenvalue weighted by Crippen LogP contribution is 2.44. The van der Waals surface area contributed by atoms with Crippen LogP contribution in [-0.4, -0.2) is 0 Å². The minimum Gasteiger partial charge on any atom is -0.0616 e. The normalized spacial score (nSPS) is 12.1. The first-order valence-corrected chi connectivity index (χ1v) is 8.30. The standard InChI is InChI=1S/C24H16/c1-2-8-19-15-17(13-14-18(19)7-1)16-24-22-11-5-3-9-20(22)21-10-4-6-12-23(21)24/h1-16H. The molecule has 4 aromatic carbocycles. The van der Waals surface area contributed by atoms with Crippen molar-refractivity contribution in [1.82, 2.24) is 0 Å². The van der Waals surface area contributed by atoms with Crippen molar-refractivity contribution in [3.05, 3.63) is 108 Å². The minimum absolute atomic E-state index is 1.25. The van der Waals surface area contributed by atoms with E-state index in [0.29, 0.717) is 0 Å². The van der Waals surface area contributed by atoms with Gasteiger partial charge in [0.15, 0.2) is 0 Å². The van der Waals surface area contributed by atoms with Crippen molar-refractivity contribution in [3.8, 4) is 11.1 Å². The van der Waals surface area contributed by atoms with E-state index in [1.807, 2.05) is 0 Å². The Labute approximate surface area is 141 Å². The molecule has 5 rings (SSSR count). The monoisotopic (exact) mass is 304 g/mol. The molecule has 1 aliphatic carbocycles. The Morgan fingerprint density at radius 1 is 0.458 bits per heavy atom. The fourth-order valence-electron chi connectivity index (χ4n) is 3.67. The third-order valence-corrected chi connectivity index (χ3v) is 4.81. The second-order valence-electron chi connectivity index (χ2n) is 6.26. The van der Waals surface area contributed by atoms with Gasteiger partial charge in [0.1, 0.15) is 0 Å². The van der Waals surface area contributed by atoms with Gasteiger partial charge in [-0.15, -0.1) is 0 Å². The molecule has 4 aromatic rings. The zero-order valence-corrected chi connectivity index (χ0v) is 13.2. The summed E-state index contributed by atoms with van der Waals surface area (Å²) in [6.07, 6.45) is 2.32. The van der Waals surface area contributed by atoms with E-state index in [0.717, 1.165) is 0 Å². The van der Waals surface area contributed by atoms with Gasteiger partial charge in [-0.05, 0) is 56.3 Å². The Balaban J connectivity index is 1.74. The van der Waals surface area contributed by atoms with Crippen LogP contribution in [-0.2, 0) is 0 Å². The highest BCUT2D eigenvalue weighted by atomic mass is 14.2. The SMILES string of the molecule is C(=C1c2ccccc2-c2ccccc21)c1ccc2ccccc2c1. The van der Waals surface area contributed by atoms with Crippen molar-refractivity contribution in [3.63, 3.8) is 0 Å². The molecule has 0 fully saturated rings. The highest BCUT2D eigenvalue weighted by molar-refractivity contribution is 6.06. The molecule has 1 aliphatic rings. The number of benzene rings is 4. The lowest BCUT2D eigenvalue weighted by Crippen LogP contribution is -1.82. The van der Waals surface area contributed by atoms with Crippen molar-refractivity contribution in [1.29, 1.82) is 0 Å². The fourth-order valence-corrected chi connectivity index (χ4v) is 3.67. The summed E-state index contributed by atoms with van der Waals surface area (Å²) in [5.41, 5.74) is 7.88. The lowest BCUT2D eigenvalue weighted by atomic mass is 9.99. The van der Waals surface area contributed by atoms with Gasteiger partial charge in [-0.1, -0.05) is 84.9 Å². The van der Waals surface area contributed by atoms with Crippen LogP contribution in [0.1, 0.15) is 16.7 Å². The van der Waals surface area contributed by atoms with Gasteiger partial charge in [-0.25, -0.2) is 0 Å². The van der Waals surface area contributed by atoms with Crippen LogP contribution in [0.3, 0.4) is 0 Å². The molecular weight excluding hydrogens is 288 g/mol. The second kappa shape index (κ2) is 5.21. The molecular formula is C24H16. The molecule has 0 nitrogen and oxygen atoms in total. The van der Waals surface area contributed by atoms with Gasteiger partial charge in [0, 0.05) is 0 Å². The van der Waals surface area contributed by atoms with Crippen molar-refractivity contribution < 1.29 is 0 Å². The van der Waals surface area contributed by atoms with Gasteiger partial charge in [0.05, 0.1) is 0 Å². The lowest BCUT2D eigenvalue weighted by molar-refractivity contribution is 1.65. The summed E-state index contributed by atoms with van der Waals surface area (Å²) < 4.78 is 0. The molecule has 24 heavy (non-hydrogen) atoms. The predicted octanol–water partition coefficient (Wildman–Crippen LogP) is 6.41. The Hall–Kier alpha value is -3.12. The van der Waals surface area contributed by atoms with Gasteiger partial charge in [0.2, 0.25) is 0 Å². The van der Waals surface area contributed by atoms with Crippen molar-refractivity contribution in [2.75, 3.05) is 0 Å². The zero-order chi connectivity index (χ0) is 15.9. The van der Waals surface area contributed by atoms with Gasteiger partial charge in [-0.3, -0.25) is 0 Å². The summed E-state index contributed by atoms with van der Waals surface area (Å²) in [7, 11) is 0. The Morgan fingerprint density at radius 3 is 1.67 bits per heavy atom. The molecule has 112 valence electrons.